The second-order valence-corrected chi connectivity index (χ2v) is 5.01. The minimum atomic E-state index is -1.14. The zero-order valence-electron chi connectivity index (χ0n) is 10.7. The third kappa shape index (κ3) is 3.07. The molecule has 0 saturated heterocycles. The number of hydrogen-bond acceptors (Lipinski definition) is 3. The molecule has 1 saturated carbocycles. The van der Waals surface area contributed by atoms with Crippen LogP contribution in [0.3, 0.4) is 0 Å². The zero-order chi connectivity index (χ0) is 14.0. The lowest BCUT2D eigenvalue weighted by Crippen LogP contribution is -2.36. The van der Waals surface area contributed by atoms with E-state index in [-0.39, 0.29) is 18.2 Å². The Bertz CT molecular complexity index is 490. The highest BCUT2D eigenvalue weighted by Crippen LogP contribution is 2.29. The van der Waals surface area contributed by atoms with Gasteiger partial charge in [0, 0.05) is 30.3 Å². The lowest BCUT2D eigenvalue weighted by atomic mass is 9.80. The minimum absolute atomic E-state index is 0.124. The molecule has 1 fully saturated rings. The van der Waals surface area contributed by atoms with Crippen molar-refractivity contribution >= 4 is 5.69 Å². The van der Waals surface area contributed by atoms with Crippen molar-refractivity contribution in [2.45, 2.75) is 38.8 Å². The fourth-order valence-electron chi connectivity index (χ4n) is 2.23. The lowest BCUT2D eigenvalue weighted by molar-refractivity contribution is -0.387. The monoisotopic (exact) mass is 270 g/mol. The molecule has 19 heavy (non-hydrogen) atoms. The van der Waals surface area contributed by atoms with Gasteiger partial charge in [0.25, 0.3) is 0 Å². The first-order chi connectivity index (χ1) is 8.99. The molecule has 1 aliphatic rings. The van der Waals surface area contributed by atoms with E-state index >= 15 is 0 Å². The van der Waals surface area contributed by atoms with Gasteiger partial charge in [0.15, 0.2) is 0 Å². The molecule has 0 bridgehead atoms. The van der Waals surface area contributed by atoms with Crippen LogP contribution in [-0.2, 0) is 6.54 Å². The van der Waals surface area contributed by atoms with Crippen LogP contribution in [0.1, 0.15) is 31.7 Å². The smallest absolute Gasteiger partial charge is 0.305 e. The highest BCUT2D eigenvalue weighted by molar-refractivity contribution is 5.37. The van der Waals surface area contributed by atoms with E-state index in [0.29, 0.717) is 12.0 Å². The maximum Gasteiger partial charge on any atom is 0.305 e. The van der Waals surface area contributed by atoms with Crippen LogP contribution >= 0.6 is 0 Å². The molecule has 0 radical (unpaired) electrons. The molecule has 1 atom stereocenters. The van der Waals surface area contributed by atoms with Crippen LogP contribution in [0.4, 0.5) is 14.5 Å². The molecule has 1 aliphatic carbocycles. The van der Waals surface area contributed by atoms with Crippen LogP contribution in [0.5, 0.6) is 0 Å². The molecule has 0 amide bonds. The van der Waals surface area contributed by atoms with Gasteiger partial charge >= 0.3 is 5.69 Å². The maximum absolute atomic E-state index is 13.5. The summed E-state index contributed by atoms with van der Waals surface area (Å²) in [5.41, 5.74) is -0.561. The Kier molecular flexibility index (Phi) is 4.09. The molecule has 6 heteroatoms. The second-order valence-electron chi connectivity index (χ2n) is 5.01. The zero-order valence-corrected chi connectivity index (χ0v) is 10.7. The molecule has 1 aromatic rings. The van der Waals surface area contributed by atoms with Crippen molar-refractivity contribution < 1.29 is 13.7 Å². The SMILES string of the molecule is CC(NCc1cc([N+](=O)[O-])c(F)cc1F)C1CCC1. The van der Waals surface area contributed by atoms with Crippen molar-refractivity contribution in [1.82, 2.24) is 5.32 Å². The molecule has 0 aromatic heterocycles. The summed E-state index contributed by atoms with van der Waals surface area (Å²) in [6.07, 6.45) is 3.52. The number of benzene rings is 1. The van der Waals surface area contributed by atoms with E-state index in [9.17, 15) is 18.9 Å². The number of nitro groups is 1. The van der Waals surface area contributed by atoms with Crippen molar-refractivity contribution in [3.8, 4) is 0 Å². The molecular weight excluding hydrogens is 254 g/mol. The van der Waals surface area contributed by atoms with E-state index in [4.69, 9.17) is 0 Å². The Labute approximate surface area is 110 Å². The average molecular weight is 270 g/mol. The Morgan fingerprint density at radius 3 is 2.63 bits per heavy atom. The summed E-state index contributed by atoms with van der Waals surface area (Å²) in [7, 11) is 0. The number of rotatable bonds is 5. The summed E-state index contributed by atoms with van der Waals surface area (Å²) in [5.74, 6) is -1.31. The molecule has 1 aromatic carbocycles. The summed E-state index contributed by atoms with van der Waals surface area (Å²) in [5, 5.41) is 13.8. The van der Waals surface area contributed by atoms with E-state index in [1.807, 2.05) is 6.92 Å². The molecule has 0 aliphatic heterocycles. The molecule has 0 spiro atoms. The van der Waals surface area contributed by atoms with Crippen molar-refractivity contribution in [1.29, 1.82) is 0 Å². The summed E-state index contributed by atoms with van der Waals surface area (Å²) in [6, 6.07) is 1.77. The van der Waals surface area contributed by atoms with Crippen molar-refractivity contribution in [2.75, 3.05) is 0 Å². The number of halogens is 2. The van der Waals surface area contributed by atoms with Crippen LogP contribution in [0.15, 0.2) is 12.1 Å². The first kappa shape index (κ1) is 13.9. The topological polar surface area (TPSA) is 55.2 Å². The fraction of sp³-hybridized carbons (Fsp3) is 0.538. The van der Waals surface area contributed by atoms with Gasteiger partial charge in [0.2, 0.25) is 5.82 Å². The minimum Gasteiger partial charge on any atom is -0.310 e. The molecule has 0 heterocycles. The number of nitrogens with one attached hydrogen (secondary N) is 1. The third-order valence-electron chi connectivity index (χ3n) is 3.78. The van der Waals surface area contributed by atoms with Crippen LogP contribution in [0.2, 0.25) is 0 Å². The summed E-state index contributed by atoms with van der Waals surface area (Å²) in [4.78, 5) is 9.77. The second kappa shape index (κ2) is 5.61. The van der Waals surface area contributed by atoms with E-state index in [1.165, 1.54) is 6.42 Å². The molecule has 1 N–H and O–H groups in total. The molecule has 1 unspecified atom stereocenters. The van der Waals surface area contributed by atoms with Gasteiger partial charge in [-0.1, -0.05) is 6.42 Å². The Balaban J connectivity index is 2.06. The maximum atomic E-state index is 13.5. The van der Waals surface area contributed by atoms with Gasteiger partial charge in [-0.2, -0.15) is 4.39 Å². The van der Waals surface area contributed by atoms with Crippen molar-refractivity contribution in [3.05, 3.63) is 39.4 Å². The number of nitro benzene ring substituents is 1. The Hall–Kier alpha value is -1.56. The predicted molar refractivity (Wildman–Crippen MR) is 66.7 cm³/mol. The van der Waals surface area contributed by atoms with Crippen LogP contribution in [-0.4, -0.2) is 11.0 Å². The normalized spacial score (nSPS) is 17.0. The summed E-state index contributed by atoms with van der Waals surface area (Å²) >= 11 is 0. The van der Waals surface area contributed by atoms with Crippen LogP contribution < -0.4 is 5.32 Å². The average Bonchev–Trinajstić information content (AvgIpc) is 2.24. The van der Waals surface area contributed by atoms with Crippen molar-refractivity contribution in [3.63, 3.8) is 0 Å². The van der Waals surface area contributed by atoms with Gasteiger partial charge in [-0.15, -0.1) is 0 Å². The van der Waals surface area contributed by atoms with Crippen molar-refractivity contribution in [2.24, 2.45) is 5.92 Å². The standard InChI is InChI=1S/C13H16F2N2O2/c1-8(9-3-2-4-9)16-7-10-5-13(17(18)19)12(15)6-11(10)14/h5-6,8-9,16H,2-4,7H2,1H3. The van der Waals surface area contributed by atoms with Gasteiger partial charge in [-0.05, 0) is 25.7 Å². The highest BCUT2D eigenvalue weighted by atomic mass is 19.1. The first-order valence-electron chi connectivity index (χ1n) is 6.34. The van der Waals surface area contributed by atoms with E-state index in [2.05, 4.69) is 5.32 Å². The predicted octanol–water partition coefficient (Wildman–Crippen LogP) is 3.15. The van der Waals surface area contributed by atoms with E-state index < -0.39 is 22.2 Å². The Morgan fingerprint density at radius 1 is 1.42 bits per heavy atom. The molecule has 4 nitrogen and oxygen atoms in total. The van der Waals surface area contributed by atoms with E-state index in [0.717, 1.165) is 18.9 Å². The van der Waals surface area contributed by atoms with Gasteiger partial charge < -0.3 is 5.32 Å². The molecule has 104 valence electrons. The van der Waals surface area contributed by atoms with Crippen LogP contribution in [0, 0.1) is 27.7 Å². The largest absolute Gasteiger partial charge is 0.310 e. The third-order valence-corrected chi connectivity index (χ3v) is 3.78. The summed E-state index contributed by atoms with van der Waals surface area (Å²) < 4.78 is 26.7. The Morgan fingerprint density at radius 2 is 2.11 bits per heavy atom. The highest BCUT2D eigenvalue weighted by Gasteiger charge is 2.24. The van der Waals surface area contributed by atoms with Gasteiger partial charge in [0.1, 0.15) is 5.82 Å². The lowest BCUT2D eigenvalue weighted by Gasteiger charge is -2.32. The summed E-state index contributed by atoms with van der Waals surface area (Å²) in [6.45, 7) is 2.18. The van der Waals surface area contributed by atoms with E-state index in [1.54, 1.807) is 0 Å². The quantitative estimate of drug-likeness (QED) is 0.660. The molecular formula is C13H16F2N2O2. The van der Waals surface area contributed by atoms with Crippen LogP contribution in [0.25, 0.3) is 0 Å². The first-order valence-corrected chi connectivity index (χ1v) is 6.34. The van der Waals surface area contributed by atoms with Gasteiger partial charge in [0.05, 0.1) is 4.92 Å². The number of nitrogens with zero attached hydrogens (tertiary/aromatic N) is 1. The molecule has 2 rings (SSSR count). The number of hydrogen-bond donors (Lipinski definition) is 1. The fourth-order valence-corrected chi connectivity index (χ4v) is 2.23. The van der Waals surface area contributed by atoms with Gasteiger partial charge in [-0.3, -0.25) is 10.1 Å². The van der Waals surface area contributed by atoms with Gasteiger partial charge in [-0.25, -0.2) is 4.39 Å².